The molecule has 136 valence electrons. The number of piperidine rings is 1. The van der Waals surface area contributed by atoms with Gasteiger partial charge in [0.05, 0.1) is 11.4 Å². The number of hydrogen-bond acceptors (Lipinski definition) is 4. The van der Waals surface area contributed by atoms with Crippen LogP contribution in [0.5, 0.6) is 5.75 Å². The molecule has 1 atom stereocenters. The van der Waals surface area contributed by atoms with Gasteiger partial charge in [-0.3, -0.25) is 9.59 Å². The summed E-state index contributed by atoms with van der Waals surface area (Å²) in [6, 6.07) is 11.5. The summed E-state index contributed by atoms with van der Waals surface area (Å²) >= 11 is 0. The Morgan fingerprint density at radius 2 is 1.81 bits per heavy atom. The zero-order valence-corrected chi connectivity index (χ0v) is 14.7. The van der Waals surface area contributed by atoms with Crippen LogP contribution in [0.4, 0.5) is 11.4 Å². The van der Waals surface area contributed by atoms with Crippen LogP contribution in [0, 0.1) is 0 Å². The molecular formula is C20H23N3O3. The van der Waals surface area contributed by atoms with Crippen molar-refractivity contribution in [2.45, 2.75) is 32.2 Å². The lowest BCUT2D eigenvalue weighted by atomic mass is 10.0. The fourth-order valence-electron chi connectivity index (χ4n) is 3.30. The molecule has 2 amide bonds. The number of phenols is 1. The van der Waals surface area contributed by atoms with E-state index < -0.39 is 5.91 Å². The SMILES string of the molecule is C[C@H]1CCCCN1c1ccc(C(N)=O)cc1NC(=O)c1ccc(O)cc1. The first-order valence-corrected chi connectivity index (χ1v) is 8.76. The molecule has 26 heavy (non-hydrogen) atoms. The van der Waals surface area contributed by atoms with Gasteiger partial charge in [0.25, 0.3) is 5.91 Å². The van der Waals surface area contributed by atoms with Crippen LogP contribution in [0.15, 0.2) is 42.5 Å². The minimum atomic E-state index is -0.539. The predicted molar refractivity (Wildman–Crippen MR) is 102 cm³/mol. The molecule has 0 bridgehead atoms. The summed E-state index contributed by atoms with van der Waals surface area (Å²) in [4.78, 5) is 26.4. The number of rotatable bonds is 4. The molecule has 0 saturated carbocycles. The maximum absolute atomic E-state index is 12.6. The number of aromatic hydroxyl groups is 1. The number of nitrogens with zero attached hydrogens (tertiary/aromatic N) is 1. The predicted octanol–water partition coefficient (Wildman–Crippen LogP) is 3.12. The van der Waals surface area contributed by atoms with Crippen LogP contribution in [0.25, 0.3) is 0 Å². The van der Waals surface area contributed by atoms with E-state index in [2.05, 4.69) is 17.1 Å². The monoisotopic (exact) mass is 353 g/mol. The maximum atomic E-state index is 12.6. The number of carbonyl (C=O) groups is 2. The van der Waals surface area contributed by atoms with Crippen molar-refractivity contribution < 1.29 is 14.7 Å². The number of phenolic OH excluding ortho intramolecular Hbond substituents is 1. The smallest absolute Gasteiger partial charge is 0.255 e. The minimum Gasteiger partial charge on any atom is -0.508 e. The summed E-state index contributed by atoms with van der Waals surface area (Å²) in [5.74, 6) is -0.749. The highest BCUT2D eigenvalue weighted by Crippen LogP contribution is 2.32. The van der Waals surface area contributed by atoms with Gasteiger partial charge < -0.3 is 21.1 Å². The third-order valence-corrected chi connectivity index (χ3v) is 4.77. The van der Waals surface area contributed by atoms with Crippen LogP contribution in [0.2, 0.25) is 0 Å². The van der Waals surface area contributed by atoms with Crippen molar-refractivity contribution in [2.75, 3.05) is 16.8 Å². The maximum Gasteiger partial charge on any atom is 0.255 e. The second-order valence-corrected chi connectivity index (χ2v) is 6.64. The Hall–Kier alpha value is -3.02. The molecule has 1 fully saturated rings. The quantitative estimate of drug-likeness (QED) is 0.787. The second-order valence-electron chi connectivity index (χ2n) is 6.64. The van der Waals surface area contributed by atoms with E-state index in [1.807, 2.05) is 6.07 Å². The fourth-order valence-corrected chi connectivity index (χ4v) is 3.30. The van der Waals surface area contributed by atoms with E-state index in [0.29, 0.717) is 22.9 Å². The third-order valence-electron chi connectivity index (χ3n) is 4.77. The van der Waals surface area contributed by atoms with E-state index in [-0.39, 0.29) is 11.7 Å². The number of nitrogens with two attached hydrogens (primary N) is 1. The van der Waals surface area contributed by atoms with Gasteiger partial charge in [-0.1, -0.05) is 0 Å². The molecule has 0 aliphatic carbocycles. The molecule has 2 aromatic carbocycles. The molecule has 1 saturated heterocycles. The minimum absolute atomic E-state index is 0.0973. The lowest BCUT2D eigenvalue weighted by Crippen LogP contribution is -2.38. The van der Waals surface area contributed by atoms with Crippen molar-refractivity contribution in [3.63, 3.8) is 0 Å². The molecule has 4 N–H and O–H groups in total. The second kappa shape index (κ2) is 7.47. The van der Waals surface area contributed by atoms with Gasteiger partial charge in [-0.2, -0.15) is 0 Å². The zero-order valence-electron chi connectivity index (χ0n) is 14.7. The molecule has 6 heteroatoms. The van der Waals surface area contributed by atoms with Gasteiger partial charge in [-0.25, -0.2) is 0 Å². The van der Waals surface area contributed by atoms with E-state index in [1.165, 1.54) is 18.6 Å². The molecule has 6 nitrogen and oxygen atoms in total. The van der Waals surface area contributed by atoms with Gasteiger partial charge >= 0.3 is 0 Å². The Morgan fingerprint density at radius 1 is 1.12 bits per heavy atom. The van der Waals surface area contributed by atoms with Crippen LogP contribution in [-0.4, -0.2) is 29.5 Å². The van der Waals surface area contributed by atoms with E-state index in [1.54, 1.807) is 24.3 Å². The number of primary amides is 1. The molecule has 2 aromatic rings. The van der Waals surface area contributed by atoms with E-state index in [4.69, 9.17) is 5.73 Å². The molecular weight excluding hydrogens is 330 g/mol. The largest absolute Gasteiger partial charge is 0.508 e. The zero-order chi connectivity index (χ0) is 18.7. The molecule has 1 aliphatic heterocycles. The summed E-state index contributed by atoms with van der Waals surface area (Å²) in [5.41, 5.74) is 7.62. The first kappa shape index (κ1) is 17.8. The highest BCUT2D eigenvalue weighted by atomic mass is 16.3. The summed E-state index contributed by atoms with van der Waals surface area (Å²) in [6.45, 7) is 3.06. The number of nitrogens with one attached hydrogen (secondary N) is 1. The summed E-state index contributed by atoms with van der Waals surface area (Å²) in [7, 11) is 0. The van der Waals surface area contributed by atoms with E-state index >= 15 is 0 Å². The number of anilines is 2. The molecule has 1 aliphatic rings. The molecule has 0 aromatic heterocycles. The Labute approximate surface area is 152 Å². The van der Waals surface area contributed by atoms with Gasteiger partial charge in [0.1, 0.15) is 5.75 Å². The van der Waals surface area contributed by atoms with Gasteiger partial charge in [-0.15, -0.1) is 0 Å². The van der Waals surface area contributed by atoms with Crippen molar-refractivity contribution in [3.05, 3.63) is 53.6 Å². The summed E-state index contributed by atoms with van der Waals surface area (Å²) < 4.78 is 0. The van der Waals surface area contributed by atoms with Crippen molar-refractivity contribution in [1.29, 1.82) is 0 Å². The van der Waals surface area contributed by atoms with Crippen molar-refractivity contribution >= 4 is 23.2 Å². The first-order chi connectivity index (χ1) is 12.5. The number of benzene rings is 2. The molecule has 3 rings (SSSR count). The summed E-state index contributed by atoms with van der Waals surface area (Å²) in [6.07, 6.45) is 3.36. The molecule has 0 unspecified atom stereocenters. The molecule has 0 spiro atoms. The average molecular weight is 353 g/mol. The number of hydrogen-bond donors (Lipinski definition) is 3. The van der Waals surface area contributed by atoms with Crippen LogP contribution < -0.4 is 16.0 Å². The third kappa shape index (κ3) is 3.79. The highest BCUT2D eigenvalue weighted by Gasteiger charge is 2.22. The first-order valence-electron chi connectivity index (χ1n) is 8.76. The Morgan fingerprint density at radius 3 is 2.46 bits per heavy atom. The van der Waals surface area contributed by atoms with Crippen LogP contribution >= 0.6 is 0 Å². The summed E-state index contributed by atoms with van der Waals surface area (Å²) in [5, 5.41) is 12.3. The molecule has 0 radical (unpaired) electrons. The van der Waals surface area contributed by atoms with Crippen LogP contribution in [-0.2, 0) is 0 Å². The van der Waals surface area contributed by atoms with Gasteiger partial charge in [0.2, 0.25) is 5.91 Å². The van der Waals surface area contributed by atoms with Crippen molar-refractivity contribution in [3.8, 4) is 5.75 Å². The van der Waals surface area contributed by atoms with Crippen molar-refractivity contribution in [2.24, 2.45) is 5.73 Å². The lowest BCUT2D eigenvalue weighted by molar-refractivity contribution is 0.0996. The van der Waals surface area contributed by atoms with Gasteiger partial charge in [-0.05, 0) is 68.7 Å². The van der Waals surface area contributed by atoms with Gasteiger partial charge in [0, 0.05) is 23.7 Å². The Balaban J connectivity index is 1.94. The van der Waals surface area contributed by atoms with Crippen molar-refractivity contribution in [1.82, 2.24) is 0 Å². The fraction of sp³-hybridized carbons (Fsp3) is 0.300. The highest BCUT2D eigenvalue weighted by molar-refractivity contribution is 6.07. The topological polar surface area (TPSA) is 95.7 Å². The van der Waals surface area contributed by atoms with E-state index in [9.17, 15) is 14.7 Å². The van der Waals surface area contributed by atoms with Gasteiger partial charge in [0.15, 0.2) is 0 Å². The number of amides is 2. The standard InChI is InChI=1S/C20H23N3O3/c1-13-4-2-3-11-23(13)18-10-7-15(19(21)25)12-17(18)22-20(26)14-5-8-16(24)9-6-14/h5-10,12-13,24H,2-4,11H2,1H3,(H2,21,25)(H,22,26)/t13-/m0/s1. The average Bonchev–Trinajstić information content (AvgIpc) is 2.63. The van der Waals surface area contributed by atoms with E-state index in [0.717, 1.165) is 25.1 Å². The Kier molecular flexibility index (Phi) is 5.11. The Bertz CT molecular complexity index is 818. The lowest BCUT2D eigenvalue weighted by Gasteiger charge is -2.36. The van der Waals surface area contributed by atoms with Crippen LogP contribution in [0.1, 0.15) is 46.9 Å². The molecule has 1 heterocycles. The normalized spacial score (nSPS) is 17.0. The van der Waals surface area contributed by atoms with Crippen LogP contribution in [0.3, 0.4) is 0 Å². The number of carbonyl (C=O) groups excluding carboxylic acids is 2.